The fourth-order valence-electron chi connectivity index (χ4n) is 4.44. The van der Waals surface area contributed by atoms with Crippen molar-refractivity contribution in [2.24, 2.45) is 0 Å². The molecule has 1 aliphatic rings. The second-order valence-corrected chi connectivity index (χ2v) is 12.5. The van der Waals surface area contributed by atoms with Crippen LogP contribution in [0.25, 0.3) is 0 Å². The summed E-state index contributed by atoms with van der Waals surface area (Å²) in [5.41, 5.74) is 1.49. The zero-order valence-electron chi connectivity index (χ0n) is 23.3. The van der Waals surface area contributed by atoms with E-state index in [-0.39, 0.29) is 22.6 Å². The van der Waals surface area contributed by atoms with Crippen molar-refractivity contribution in [3.8, 4) is 0 Å². The molecule has 222 valence electrons. The van der Waals surface area contributed by atoms with Crippen molar-refractivity contribution in [3.05, 3.63) is 138 Å². The van der Waals surface area contributed by atoms with Gasteiger partial charge in [0.1, 0.15) is 5.44 Å². The zero-order valence-corrected chi connectivity index (χ0v) is 24.9. The van der Waals surface area contributed by atoms with E-state index in [0.29, 0.717) is 5.75 Å². The number of rotatable bonds is 10. The lowest BCUT2D eigenvalue weighted by Crippen LogP contribution is -2.56. The molecule has 0 N–H and O–H groups in total. The van der Waals surface area contributed by atoms with Crippen LogP contribution < -0.4 is 0 Å². The first-order chi connectivity index (χ1) is 20.8. The molecule has 0 aliphatic carbocycles. The number of ether oxygens (including phenoxy) is 3. The predicted octanol–water partition coefficient (Wildman–Crippen LogP) is 5.81. The van der Waals surface area contributed by atoms with Crippen molar-refractivity contribution < 1.29 is 36.4 Å². The molecule has 1 fully saturated rings. The molecule has 43 heavy (non-hydrogen) atoms. The topological polar surface area (TPSA) is 105 Å². The van der Waals surface area contributed by atoms with Gasteiger partial charge in [-0.1, -0.05) is 84.4 Å². The minimum atomic E-state index is -4.36. The minimum Gasteiger partial charge on any atom is -0.452 e. The van der Waals surface area contributed by atoms with Crippen LogP contribution in [0.15, 0.2) is 120 Å². The number of carbonyl (C=O) groups excluding carboxylic acids is 2. The monoisotopic (exact) mass is 618 g/mol. The van der Waals surface area contributed by atoms with Crippen molar-refractivity contribution in [1.82, 2.24) is 0 Å². The van der Waals surface area contributed by atoms with Crippen LogP contribution >= 0.6 is 11.8 Å². The maximum atomic E-state index is 13.5. The second kappa shape index (κ2) is 14.0. The lowest BCUT2D eigenvalue weighted by molar-refractivity contribution is -0.157. The minimum absolute atomic E-state index is 0.0681. The number of thioether (sulfide) groups is 1. The van der Waals surface area contributed by atoms with Gasteiger partial charge < -0.3 is 14.2 Å². The van der Waals surface area contributed by atoms with Gasteiger partial charge in [0.2, 0.25) is 0 Å². The molecule has 1 saturated heterocycles. The Morgan fingerprint density at radius 2 is 1.28 bits per heavy atom. The number of carbonyl (C=O) groups is 2. The van der Waals surface area contributed by atoms with E-state index in [1.54, 1.807) is 72.8 Å². The lowest BCUT2D eigenvalue weighted by Gasteiger charge is -2.40. The summed E-state index contributed by atoms with van der Waals surface area (Å²) in [6, 6.07) is 32.4. The van der Waals surface area contributed by atoms with Crippen molar-refractivity contribution >= 4 is 33.8 Å². The molecule has 0 saturated carbocycles. The third kappa shape index (κ3) is 7.91. The van der Waals surface area contributed by atoms with E-state index in [1.165, 1.54) is 23.9 Å². The van der Waals surface area contributed by atoms with Gasteiger partial charge in [-0.15, -0.1) is 11.8 Å². The Morgan fingerprint density at radius 3 is 1.86 bits per heavy atom. The normalized spacial score (nSPS) is 20.2. The van der Waals surface area contributed by atoms with Crippen molar-refractivity contribution in [2.75, 3.05) is 6.61 Å². The molecule has 4 aromatic rings. The predicted molar refractivity (Wildman–Crippen MR) is 162 cm³/mol. The van der Waals surface area contributed by atoms with E-state index in [9.17, 15) is 18.0 Å². The maximum absolute atomic E-state index is 13.5. The van der Waals surface area contributed by atoms with Crippen LogP contribution in [0.2, 0.25) is 0 Å². The van der Waals surface area contributed by atoms with Gasteiger partial charge in [0, 0.05) is 5.75 Å². The van der Waals surface area contributed by atoms with Gasteiger partial charge in [-0.2, -0.15) is 8.42 Å². The Bertz CT molecular complexity index is 1610. The molecule has 0 radical (unpaired) electrons. The summed E-state index contributed by atoms with van der Waals surface area (Å²) in [4.78, 5) is 26.3. The summed E-state index contributed by atoms with van der Waals surface area (Å²) in [5, 5.41) is 0. The largest absolute Gasteiger partial charge is 0.452 e. The highest BCUT2D eigenvalue weighted by atomic mass is 32.2. The molecule has 1 aliphatic heterocycles. The van der Waals surface area contributed by atoms with Gasteiger partial charge in [-0.05, 0) is 48.9 Å². The van der Waals surface area contributed by atoms with Crippen LogP contribution in [0.4, 0.5) is 0 Å². The Balaban J connectivity index is 1.49. The SMILES string of the molecule is Cc1ccc(S(=O)(=O)OC2C(SCc3ccccc3)OCC(OC(=O)c3ccccc3)C2OC(=O)c2ccccc2)cc1. The van der Waals surface area contributed by atoms with E-state index in [2.05, 4.69) is 0 Å². The molecule has 4 atom stereocenters. The molecule has 4 unspecified atom stereocenters. The highest BCUT2D eigenvalue weighted by Crippen LogP contribution is 2.35. The Kier molecular flexibility index (Phi) is 9.93. The molecule has 5 rings (SSSR count). The third-order valence-electron chi connectivity index (χ3n) is 6.71. The number of hydrogen-bond acceptors (Lipinski definition) is 9. The van der Waals surface area contributed by atoms with Gasteiger partial charge in [-0.25, -0.2) is 9.59 Å². The summed E-state index contributed by atoms with van der Waals surface area (Å²) >= 11 is 1.30. The first-order valence-corrected chi connectivity index (χ1v) is 16.0. The van der Waals surface area contributed by atoms with E-state index >= 15 is 0 Å². The molecule has 0 aromatic heterocycles. The molecule has 0 amide bonds. The summed E-state index contributed by atoms with van der Waals surface area (Å²) in [7, 11) is -4.36. The molecule has 0 bridgehead atoms. The smallest absolute Gasteiger partial charge is 0.338 e. The zero-order chi connectivity index (χ0) is 30.2. The fourth-order valence-corrected chi connectivity index (χ4v) is 6.72. The molecule has 10 heteroatoms. The van der Waals surface area contributed by atoms with Crippen molar-refractivity contribution in [1.29, 1.82) is 0 Å². The molecular formula is C33H30O8S2. The highest BCUT2D eigenvalue weighted by Gasteiger charge is 2.48. The van der Waals surface area contributed by atoms with E-state index in [1.807, 2.05) is 37.3 Å². The highest BCUT2D eigenvalue weighted by molar-refractivity contribution is 7.99. The van der Waals surface area contributed by atoms with Crippen LogP contribution in [0.1, 0.15) is 31.8 Å². The van der Waals surface area contributed by atoms with Gasteiger partial charge in [0.15, 0.2) is 18.3 Å². The van der Waals surface area contributed by atoms with Crippen molar-refractivity contribution in [2.45, 2.75) is 41.3 Å². The summed E-state index contributed by atoms with van der Waals surface area (Å²) in [6.45, 7) is 1.69. The molecular weight excluding hydrogens is 588 g/mol. The molecule has 1 heterocycles. The number of hydrogen-bond donors (Lipinski definition) is 0. The lowest BCUT2D eigenvalue weighted by atomic mass is 10.1. The first-order valence-electron chi connectivity index (χ1n) is 13.6. The molecule has 4 aromatic carbocycles. The average molecular weight is 619 g/mol. The van der Waals surface area contributed by atoms with Crippen LogP contribution in [-0.2, 0) is 34.3 Å². The van der Waals surface area contributed by atoms with Crippen LogP contribution in [0.5, 0.6) is 0 Å². The van der Waals surface area contributed by atoms with Gasteiger partial charge >= 0.3 is 11.9 Å². The van der Waals surface area contributed by atoms with Gasteiger partial charge in [0.25, 0.3) is 10.1 Å². The quantitative estimate of drug-likeness (QED) is 0.161. The fraction of sp³-hybridized carbons (Fsp3) is 0.212. The molecule has 0 spiro atoms. The van der Waals surface area contributed by atoms with Gasteiger partial charge in [-0.3, -0.25) is 4.18 Å². The summed E-state index contributed by atoms with van der Waals surface area (Å²) < 4.78 is 50.7. The Hall–Kier alpha value is -3.96. The van der Waals surface area contributed by atoms with Crippen LogP contribution in [0.3, 0.4) is 0 Å². The van der Waals surface area contributed by atoms with Gasteiger partial charge in [0.05, 0.1) is 22.6 Å². The van der Waals surface area contributed by atoms with E-state index in [0.717, 1.165) is 11.1 Å². The Morgan fingerprint density at radius 1 is 0.744 bits per heavy atom. The number of esters is 2. The maximum Gasteiger partial charge on any atom is 0.338 e. The number of aryl methyl sites for hydroxylation is 1. The van der Waals surface area contributed by atoms with E-state index < -0.39 is 45.8 Å². The summed E-state index contributed by atoms with van der Waals surface area (Å²) in [6.07, 6.45) is -3.83. The third-order valence-corrected chi connectivity index (χ3v) is 9.27. The van der Waals surface area contributed by atoms with Crippen molar-refractivity contribution in [3.63, 3.8) is 0 Å². The van der Waals surface area contributed by atoms with Crippen LogP contribution in [-0.4, -0.2) is 50.7 Å². The van der Waals surface area contributed by atoms with Crippen LogP contribution in [0, 0.1) is 6.92 Å². The standard InChI is InChI=1S/C33H30O8S2/c1-23-17-19-27(20-18-23)43(36,37)41-30-29(40-32(35)26-15-9-4-10-16-26)28(39-31(34)25-13-7-3-8-14-25)21-38-33(30)42-22-24-11-5-2-6-12-24/h2-20,28-30,33H,21-22H2,1H3. The summed E-state index contributed by atoms with van der Waals surface area (Å²) in [5.74, 6) is -0.934. The average Bonchev–Trinajstić information content (AvgIpc) is 3.03. The first kappa shape index (κ1) is 30.5. The Labute approximate surface area is 255 Å². The van der Waals surface area contributed by atoms with E-state index in [4.69, 9.17) is 18.4 Å². The number of benzene rings is 4. The molecule has 8 nitrogen and oxygen atoms in total. The second-order valence-electron chi connectivity index (χ2n) is 9.87.